The van der Waals surface area contributed by atoms with Crippen molar-refractivity contribution < 1.29 is 4.74 Å². The van der Waals surface area contributed by atoms with Gasteiger partial charge in [0.15, 0.2) is 0 Å². The molecule has 3 heteroatoms. The first-order valence-electron chi connectivity index (χ1n) is 7.33. The standard InChI is InChI=1S/C18H22OS2/c20-12-3-5-17-4-1-2-6-18(17)19-14-16-9-7-15(8-10-16)11-13-21/h1-2,4,6-10,20-21H,3,5,11-14H2. The van der Waals surface area contributed by atoms with Gasteiger partial charge in [0.05, 0.1) is 0 Å². The summed E-state index contributed by atoms with van der Waals surface area (Å²) in [7, 11) is 0. The zero-order valence-corrected chi connectivity index (χ0v) is 14.0. The van der Waals surface area contributed by atoms with E-state index in [9.17, 15) is 0 Å². The predicted molar refractivity (Wildman–Crippen MR) is 96.9 cm³/mol. The summed E-state index contributed by atoms with van der Waals surface area (Å²) in [5, 5.41) is 0. The van der Waals surface area contributed by atoms with Crippen LogP contribution >= 0.6 is 25.3 Å². The van der Waals surface area contributed by atoms with Crippen molar-refractivity contribution in [3.05, 3.63) is 65.2 Å². The number of benzene rings is 2. The van der Waals surface area contributed by atoms with Crippen LogP contribution in [0.1, 0.15) is 23.1 Å². The maximum Gasteiger partial charge on any atom is 0.122 e. The van der Waals surface area contributed by atoms with Crippen molar-refractivity contribution >= 4 is 25.3 Å². The summed E-state index contributed by atoms with van der Waals surface area (Å²) in [6, 6.07) is 16.8. The third kappa shape index (κ3) is 5.33. The molecule has 0 radical (unpaired) electrons. The Labute approximate surface area is 138 Å². The molecule has 0 saturated carbocycles. The monoisotopic (exact) mass is 318 g/mol. The summed E-state index contributed by atoms with van der Waals surface area (Å²) < 4.78 is 5.98. The van der Waals surface area contributed by atoms with Gasteiger partial charge >= 0.3 is 0 Å². The molecular weight excluding hydrogens is 296 g/mol. The molecule has 0 unspecified atom stereocenters. The second-order valence-corrected chi connectivity index (χ2v) is 5.91. The van der Waals surface area contributed by atoms with Crippen molar-refractivity contribution in [3.8, 4) is 5.75 Å². The fraction of sp³-hybridized carbons (Fsp3) is 0.333. The van der Waals surface area contributed by atoms with Crippen LogP contribution in [0.4, 0.5) is 0 Å². The minimum Gasteiger partial charge on any atom is -0.489 e. The molecule has 0 aliphatic rings. The summed E-state index contributed by atoms with van der Waals surface area (Å²) >= 11 is 8.53. The molecule has 2 aromatic carbocycles. The lowest BCUT2D eigenvalue weighted by atomic mass is 10.1. The quantitative estimate of drug-likeness (QED) is 0.676. The van der Waals surface area contributed by atoms with Crippen LogP contribution in [-0.4, -0.2) is 11.5 Å². The lowest BCUT2D eigenvalue weighted by Crippen LogP contribution is -1.99. The number of para-hydroxylation sites is 1. The molecule has 0 saturated heterocycles. The molecule has 0 aromatic heterocycles. The SMILES string of the molecule is SCCCc1ccccc1OCc1ccc(CCS)cc1. The molecule has 0 amide bonds. The van der Waals surface area contributed by atoms with E-state index in [0.29, 0.717) is 6.61 Å². The number of thiol groups is 2. The van der Waals surface area contributed by atoms with Crippen molar-refractivity contribution in [1.29, 1.82) is 0 Å². The van der Waals surface area contributed by atoms with E-state index < -0.39 is 0 Å². The second kappa shape index (κ2) is 9.06. The number of ether oxygens (including phenoxy) is 1. The van der Waals surface area contributed by atoms with Crippen molar-refractivity contribution in [2.24, 2.45) is 0 Å². The Morgan fingerprint density at radius 1 is 0.762 bits per heavy atom. The number of rotatable bonds is 8. The zero-order valence-electron chi connectivity index (χ0n) is 12.2. The molecule has 1 nitrogen and oxygen atoms in total. The highest BCUT2D eigenvalue weighted by Crippen LogP contribution is 2.21. The molecule has 2 aromatic rings. The van der Waals surface area contributed by atoms with Crippen molar-refractivity contribution in [3.63, 3.8) is 0 Å². The fourth-order valence-electron chi connectivity index (χ4n) is 2.21. The van der Waals surface area contributed by atoms with Crippen LogP contribution < -0.4 is 4.74 Å². The summed E-state index contributed by atoms with van der Waals surface area (Å²) in [5.41, 5.74) is 3.78. The van der Waals surface area contributed by atoms with Crippen LogP contribution in [0.3, 0.4) is 0 Å². The van der Waals surface area contributed by atoms with E-state index in [1.54, 1.807) is 0 Å². The van der Waals surface area contributed by atoms with E-state index in [1.165, 1.54) is 16.7 Å². The topological polar surface area (TPSA) is 9.23 Å². The largest absolute Gasteiger partial charge is 0.489 e. The number of hydrogen-bond acceptors (Lipinski definition) is 3. The minimum atomic E-state index is 0.610. The average Bonchev–Trinajstić information content (AvgIpc) is 2.53. The molecule has 0 spiro atoms. The van der Waals surface area contributed by atoms with Crippen molar-refractivity contribution in [1.82, 2.24) is 0 Å². The van der Waals surface area contributed by atoms with E-state index >= 15 is 0 Å². The second-order valence-electron chi connectivity index (χ2n) is 5.01. The Morgan fingerprint density at radius 2 is 1.48 bits per heavy atom. The number of hydrogen-bond donors (Lipinski definition) is 2. The van der Waals surface area contributed by atoms with Gasteiger partial charge in [-0.2, -0.15) is 25.3 Å². The smallest absolute Gasteiger partial charge is 0.122 e. The van der Waals surface area contributed by atoms with Crippen LogP contribution in [0.25, 0.3) is 0 Å². The normalized spacial score (nSPS) is 10.6. The highest BCUT2D eigenvalue weighted by Gasteiger charge is 2.03. The molecular formula is C18H22OS2. The van der Waals surface area contributed by atoms with Gasteiger partial charge in [0.25, 0.3) is 0 Å². The van der Waals surface area contributed by atoms with Crippen molar-refractivity contribution in [2.75, 3.05) is 11.5 Å². The van der Waals surface area contributed by atoms with E-state index in [1.807, 2.05) is 12.1 Å². The molecule has 0 fully saturated rings. The maximum absolute atomic E-state index is 5.98. The van der Waals surface area contributed by atoms with Gasteiger partial charge in [-0.3, -0.25) is 0 Å². The summed E-state index contributed by atoms with van der Waals surface area (Å²) in [4.78, 5) is 0. The van der Waals surface area contributed by atoms with Gasteiger partial charge in [-0.25, -0.2) is 0 Å². The van der Waals surface area contributed by atoms with E-state index in [-0.39, 0.29) is 0 Å². The van der Waals surface area contributed by atoms with E-state index in [4.69, 9.17) is 4.74 Å². The Bertz CT molecular complexity index is 537. The summed E-state index contributed by atoms with van der Waals surface area (Å²) in [6.07, 6.45) is 3.10. The Balaban J connectivity index is 1.96. The van der Waals surface area contributed by atoms with Gasteiger partial charge in [-0.1, -0.05) is 42.5 Å². The van der Waals surface area contributed by atoms with Gasteiger partial charge in [-0.05, 0) is 53.5 Å². The lowest BCUT2D eigenvalue weighted by Gasteiger charge is -2.11. The van der Waals surface area contributed by atoms with E-state index in [0.717, 1.165) is 36.5 Å². The molecule has 0 N–H and O–H groups in total. The zero-order chi connectivity index (χ0) is 14.9. The first-order chi connectivity index (χ1) is 10.3. The van der Waals surface area contributed by atoms with Gasteiger partial charge in [-0.15, -0.1) is 0 Å². The van der Waals surface area contributed by atoms with Crippen LogP contribution in [0.2, 0.25) is 0 Å². The predicted octanol–water partition coefficient (Wildman–Crippen LogP) is 4.60. The molecule has 112 valence electrons. The van der Waals surface area contributed by atoms with Crippen LogP contribution in [-0.2, 0) is 19.4 Å². The van der Waals surface area contributed by atoms with Crippen LogP contribution in [0.5, 0.6) is 5.75 Å². The Hall–Kier alpha value is -1.06. The van der Waals surface area contributed by atoms with Crippen LogP contribution in [0.15, 0.2) is 48.5 Å². The van der Waals surface area contributed by atoms with E-state index in [2.05, 4.69) is 61.7 Å². The average molecular weight is 319 g/mol. The molecule has 0 heterocycles. The molecule has 0 atom stereocenters. The molecule has 0 bridgehead atoms. The first-order valence-corrected chi connectivity index (χ1v) is 8.60. The lowest BCUT2D eigenvalue weighted by molar-refractivity contribution is 0.303. The summed E-state index contributed by atoms with van der Waals surface area (Å²) in [6.45, 7) is 0.610. The van der Waals surface area contributed by atoms with Gasteiger partial charge < -0.3 is 4.74 Å². The highest BCUT2D eigenvalue weighted by atomic mass is 32.1. The number of aryl methyl sites for hydroxylation is 2. The minimum absolute atomic E-state index is 0.610. The molecule has 0 aliphatic heterocycles. The van der Waals surface area contributed by atoms with Crippen LogP contribution in [0, 0.1) is 0 Å². The molecule has 21 heavy (non-hydrogen) atoms. The third-order valence-corrected chi connectivity index (χ3v) is 3.93. The van der Waals surface area contributed by atoms with Gasteiger partial charge in [0.2, 0.25) is 0 Å². The van der Waals surface area contributed by atoms with Gasteiger partial charge in [0, 0.05) is 0 Å². The third-order valence-electron chi connectivity index (χ3n) is 3.39. The highest BCUT2D eigenvalue weighted by molar-refractivity contribution is 7.80. The summed E-state index contributed by atoms with van der Waals surface area (Å²) in [5.74, 6) is 2.77. The Kier molecular flexibility index (Phi) is 7.04. The maximum atomic E-state index is 5.98. The molecule has 0 aliphatic carbocycles. The van der Waals surface area contributed by atoms with Crippen molar-refractivity contribution in [2.45, 2.75) is 25.9 Å². The van der Waals surface area contributed by atoms with Gasteiger partial charge in [0.1, 0.15) is 12.4 Å². The first kappa shape index (κ1) is 16.3. The Morgan fingerprint density at radius 3 is 2.19 bits per heavy atom. The fourth-order valence-corrected chi connectivity index (χ4v) is 2.63. The molecule has 2 rings (SSSR count).